The van der Waals surface area contributed by atoms with Gasteiger partial charge in [0.1, 0.15) is 13.2 Å². The highest BCUT2D eigenvalue weighted by Crippen LogP contribution is 2.16. The summed E-state index contributed by atoms with van der Waals surface area (Å²) in [5.41, 5.74) is 0. The first-order chi connectivity index (χ1) is 7.59. The molecule has 0 aliphatic rings. The van der Waals surface area contributed by atoms with E-state index in [0.29, 0.717) is 5.02 Å². The summed E-state index contributed by atoms with van der Waals surface area (Å²) in [5.74, 6) is -1.43. The van der Waals surface area contributed by atoms with Crippen molar-refractivity contribution in [1.82, 2.24) is 4.98 Å². The molecule has 0 aliphatic carbocycles. The molecular formula is C9H9ClN2O4. The van der Waals surface area contributed by atoms with Gasteiger partial charge in [-0.15, -0.1) is 0 Å². The Bertz CT molecular complexity index is 397. The molecule has 0 aromatic carbocycles. The van der Waals surface area contributed by atoms with Crippen LogP contribution in [0.2, 0.25) is 5.02 Å². The van der Waals surface area contributed by atoms with Crippen molar-refractivity contribution in [3.8, 4) is 0 Å². The Morgan fingerprint density at radius 1 is 1.50 bits per heavy atom. The molecule has 2 N–H and O–H groups in total. The van der Waals surface area contributed by atoms with E-state index in [9.17, 15) is 9.59 Å². The van der Waals surface area contributed by atoms with Crippen molar-refractivity contribution in [3.05, 3.63) is 23.4 Å². The molecule has 0 atom stereocenters. The molecule has 1 rings (SSSR count). The number of amides is 1. The smallest absolute Gasteiger partial charge is 0.329 e. The van der Waals surface area contributed by atoms with Crippen LogP contribution in [0, 0.1) is 0 Å². The Morgan fingerprint density at radius 3 is 2.88 bits per heavy atom. The molecule has 0 radical (unpaired) electrons. The Labute approximate surface area is 96.2 Å². The van der Waals surface area contributed by atoms with Crippen LogP contribution >= 0.6 is 11.6 Å². The second-order valence-corrected chi connectivity index (χ2v) is 3.18. The van der Waals surface area contributed by atoms with Gasteiger partial charge in [-0.2, -0.15) is 0 Å². The molecule has 1 aromatic rings. The van der Waals surface area contributed by atoms with Gasteiger partial charge in [0.05, 0.1) is 5.02 Å². The number of carbonyl (C=O) groups is 2. The topological polar surface area (TPSA) is 88.5 Å². The lowest BCUT2D eigenvalue weighted by Crippen LogP contribution is -2.21. The number of pyridine rings is 1. The number of carboxylic acids is 1. The number of nitrogens with zero attached hydrogens (tertiary/aromatic N) is 1. The number of hydrogen-bond donors (Lipinski definition) is 2. The van der Waals surface area contributed by atoms with Gasteiger partial charge in [0, 0.05) is 6.20 Å². The number of aliphatic carboxylic acids is 1. The van der Waals surface area contributed by atoms with E-state index in [1.807, 2.05) is 0 Å². The number of nitrogens with one attached hydrogen (secondary N) is 1. The molecule has 1 aromatic heterocycles. The quantitative estimate of drug-likeness (QED) is 0.799. The summed E-state index contributed by atoms with van der Waals surface area (Å²) < 4.78 is 4.59. The molecule has 0 saturated carbocycles. The molecule has 0 unspecified atom stereocenters. The van der Waals surface area contributed by atoms with Crippen LogP contribution in [0.25, 0.3) is 0 Å². The fourth-order valence-electron chi connectivity index (χ4n) is 0.877. The van der Waals surface area contributed by atoms with Crippen LogP contribution in [-0.4, -0.2) is 35.2 Å². The van der Waals surface area contributed by atoms with Crippen molar-refractivity contribution in [2.75, 3.05) is 18.5 Å². The summed E-state index contributed by atoms with van der Waals surface area (Å²) in [6, 6.07) is 3.20. The van der Waals surface area contributed by atoms with Crippen LogP contribution in [0.15, 0.2) is 18.3 Å². The van der Waals surface area contributed by atoms with Gasteiger partial charge < -0.3 is 15.2 Å². The average Bonchev–Trinajstić information content (AvgIpc) is 2.21. The second-order valence-electron chi connectivity index (χ2n) is 2.77. The highest BCUT2D eigenvalue weighted by atomic mass is 35.5. The molecule has 1 amide bonds. The van der Waals surface area contributed by atoms with Gasteiger partial charge >= 0.3 is 5.97 Å². The van der Waals surface area contributed by atoms with Gasteiger partial charge in [0.15, 0.2) is 5.82 Å². The van der Waals surface area contributed by atoms with E-state index in [1.165, 1.54) is 6.20 Å². The first-order valence-electron chi connectivity index (χ1n) is 4.29. The fraction of sp³-hybridized carbons (Fsp3) is 0.222. The van der Waals surface area contributed by atoms with Crippen molar-refractivity contribution in [2.45, 2.75) is 0 Å². The van der Waals surface area contributed by atoms with Crippen LogP contribution in [0.1, 0.15) is 0 Å². The predicted molar refractivity (Wildman–Crippen MR) is 56.3 cm³/mol. The Hall–Kier alpha value is -1.66. The van der Waals surface area contributed by atoms with E-state index < -0.39 is 18.5 Å². The second kappa shape index (κ2) is 6.04. The van der Waals surface area contributed by atoms with Crippen molar-refractivity contribution in [1.29, 1.82) is 0 Å². The minimum atomic E-state index is -1.14. The minimum Gasteiger partial charge on any atom is -0.480 e. The number of aromatic nitrogens is 1. The van der Waals surface area contributed by atoms with Crippen LogP contribution in [0.5, 0.6) is 0 Å². The van der Waals surface area contributed by atoms with Gasteiger partial charge in [0.25, 0.3) is 5.91 Å². The van der Waals surface area contributed by atoms with Crippen LogP contribution in [0.4, 0.5) is 5.82 Å². The number of carboxylic acid groups (broad SMARTS) is 1. The molecule has 16 heavy (non-hydrogen) atoms. The number of ether oxygens (including phenoxy) is 1. The van der Waals surface area contributed by atoms with Gasteiger partial charge in [-0.1, -0.05) is 11.6 Å². The van der Waals surface area contributed by atoms with Gasteiger partial charge in [0.2, 0.25) is 0 Å². The monoisotopic (exact) mass is 244 g/mol. The molecule has 0 aliphatic heterocycles. The lowest BCUT2D eigenvalue weighted by Gasteiger charge is -2.05. The number of hydrogen-bond acceptors (Lipinski definition) is 4. The lowest BCUT2D eigenvalue weighted by atomic mass is 10.4. The largest absolute Gasteiger partial charge is 0.480 e. The van der Waals surface area contributed by atoms with Gasteiger partial charge in [-0.25, -0.2) is 9.78 Å². The standard InChI is InChI=1S/C9H9ClN2O4/c10-6-2-1-3-11-9(6)12-7(13)4-16-5-8(14)15/h1-3H,4-5H2,(H,14,15)(H,11,12,13). The Balaban J connectivity index is 2.40. The third-order valence-electron chi connectivity index (χ3n) is 1.47. The van der Waals surface area contributed by atoms with E-state index >= 15 is 0 Å². The minimum absolute atomic E-state index is 0.216. The first-order valence-corrected chi connectivity index (χ1v) is 4.67. The van der Waals surface area contributed by atoms with Crippen molar-refractivity contribution in [3.63, 3.8) is 0 Å². The SMILES string of the molecule is O=C(O)COCC(=O)Nc1ncccc1Cl. The predicted octanol–water partition coefficient (Wildman–Crippen LogP) is 0.775. The highest BCUT2D eigenvalue weighted by Gasteiger charge is 2.07. The van der Waals surface area contributed by atoms with Crippen LogP contribution in [0.3, 0.4) is 0 Å². The maximum Gasteiger partial charge on any atom is 0.329 e. The van der Waals surface area contributed by atoms with E-state index in [-0.39, 0.29) is 12.4 Å². The Kier molecular flexibility index (Phi) is 4.68. The summed E-state index contributed by atoms with van der Waals surface area (Å²) in [7, 11) is 0. The average molecular weight is 245 g/mol. The van der Waals surface area contributed by atoms with Crippen LogP contribution in [-0.2, 0) is 14.3 Å². The summed E-state index contributed by atoms with van der Waals surface area (Å²) >= 11 is 5.74. The van der Waals surface area contributed by atoms with Crippen molar-refractivity contribution < 1.29 is 19.4 Å². The zero-order chi connectivity index (χ0) is 12.0. The maximum absolute atomic E-state index is 11.2. The zero-order valence-electron chi connectivity index (χ0n) is 8.14. The summed E-state index contributed by atoms with van der Waals surface area (Å²) in [4.78, 5) is 25.1. The molecule has 0 bridgehead atoms. The normalized spacial score (nSPS) is 9.81. The Morgan fingerprint density at radius 2 is 2.25 bits per heavy atom. The van der Waals surface area contributed by atoms with E-state index in [0.717, 1.165) is 0 Å². The highest BCUT2D eigenvalue weighted by molar-refractivity contribution is 6.33. The zero-order valence-corrected chi connectivity index (χ0v) is 8.90. The van der Waals surface area contributed by atoms with Gasteiger partial charge in [-0.05, 0) is 12.1 Å². The molecule has 1 heterocycles. The molecule has 0 saturated heterocycles. The number of anilines is 1. The molecule has 0 fully saturated rings. The van der Waals surface area contributed by atoms with E-state index in [2.05, 4.69) is 15.0 Å². The summed E-state index contributed by atoms with van der Waals surface area (Å²) in [5, 5.41) is 11.0. The number of rotatable bonds is 5. The third kappa shape index (κ3) is 4.24. The molecule has 7 heteroatoms. The molecule has 86 valence electrons. The van der Waals surface area contributed by atoms with Crippen LogP contribution < -0.4 is 5.32 Å². The van der Waals surface area contributed by atoms with Gasteiger partial charge in [-0.3, -0.25) is 4.79 Å². The van der Waals surface area contributed by atoms with E-state index in [4.69, 9.17) is 16.7 Å². The first kappa shape index (κ1) is 12.4. The fourth-order valence-corrected chi connectivity index (χ4v) is 1.05. The molecular weight excluding hydrogens is 236 g/mol. The summed E-state index contributed by atoms with van der Waals surface area (Å²) in [6.07, 6.45) is 1.47. The molecule has 6 nitrogen and oxygen atoms in total. The maximum atomic E-state index is 11.2. The number of halogens is 1. The number of carbonyl (C=O) groups excluding carboxylic acids is 1. The lowest BCUT2D eigenvalue weighted by molar-refractivity contribution is -0.143. The van der Waals surface area contributed by atoms with Crippen molar-refractivity contribution >= 4 is 29.3 Å². The van der Waals surface area contributed by atoms with Crippen molar-refractivity contribution in [2.24, 2.45) is 0 Å². The van der Waals surface area contributed by atoms with E-state index in [1.54, 1.807) is 12.1 Å². The molecule has 0 spiro atoms. The third-order valence-corrected chi connectivity index (χ3v) is 1.78. The summed E-state index contributed by atoms with van der Waals surface area (Å²) in [6.45, 7) is -0.886.